The highest BCUT2D eigenvalue weighted by Crippen LogP contribution is 2.25. The normalized spacial score (nSPS) is 15.1. The summed E-state index contributed by atoms with van der Waals surface area (Å²) >= 11 is 0. The van der Waals surface area contributed by atoms with Crippen molar-refractivity contribution in [2.75, 3.05) is 0 Å². The number of rotatable bonds is 8. The maximum Gasteiger partial charge on any atom is 0.167 e. The topological polar surface area (TPSA) is 60.4 Å². The van der Waals surface area contributed by atoms with E-state index in [-0.39, 0.29) is 11.5 Å². The van der Waals surface area contributed by atoms with Gasteiger partial charge in [0.2, 0.25) is 0 Å². The second-order valence-electron chi connectivity index (χ2n) is 7.82. The second-order valence-corrected chi connectivity index (χ2v) is 10.4. The van der Waals surface area contributed by atoms with Gasteiger partial charge in [-0.3, -0.25) is 4.79 Å². The molecule has 0 N–H and O–H groups in total. The van der Waals surface area contributed by atoms with Gasteiger partial charge in [0.25, 0.3) is 0 Å². The first-order chi connectivity index (χ1) is 13.3. The van der Waals surface area contributed by atoms with Gasteiger partial charge in [-0.2, -0.15) is 0 Å². The van der Waals surface area contributed by atoms with Crippen molar-refractivity contribution >= 4 is 15.6 Å². The van der Waals surface area contributed by atoms with Gasteiger partial charge in [-0.1, -0.05) is 36.4 Å². The van der Waals surface area contributed by atoms with Gasteiger partial charge in [-0.15, -0.1) is 0 Å². The molecule has 0 heterocycles. The number of benzene rings is 2. The van der Waals surface area contributed by atoms with Gasteiger partial charge in [0.05, 0.1) is 17.1 Å². The molecule has 0 saturated heterocycles. The Labute approximate surface area is 167 Å². The Morgan fingerprint density at radius 3 is 2.36 bits per heavy atom. The van der Waals surface area contributed by atoms with E-state index >= 15 is 0 Å². The van der Waals surface area contributed by atoms with Crippen molar-refractivity contribution in [3.63, 3.8) is 0 Å². The molecule has 1 aliphatic rings. The van der Waals surface area contributed by atoms with E-state index in [2.05, 4.69) is 0 Å². The lowest BCUT2D eigenvalue weighted by Crippen LogP contribution is -2.16. The highest BCUT2D eigenvalue weighted by Gasteiger charge is 2.18. The van der Waals surface area contributed by atoms with Gasteiger partial charge in [0.15, 0.2) is 15.6 Å². The molecule has 150 valence electrons. The van der Waals surface area contributed by atoms with Crippen LogP contribution in [0, 0.1) is 0 Å². The molecule has 0 spiro atoms. The number of ether oxygens (including phenoxy) is 1. The van der Waals surface area contributed by atoms with Crippen LogP contribution in [0.25, 0.3) is 0 Å². The first-order valence-corrected chi connectivity index (χ1v) is 11.6. The second kappa shape index (κ2) is 8.91. The lowest BCUT2D eigenvalue weighted by atomic mass is 10.0. The van der Waals surface area contributed by atoms with Crippen molar-refractivity contribution in [2.45, 2.75) is 63.1 Å². The van der Waals surface area contributed by atoms with Crippen LogP contribution in [0.5, 0.6) is 5.75 Å². The fourth-order valence-electron chi connectivity index (χ4n) is 3.40. The number of sulfone groups is 1. The van der Waals surface area contributed by atoms with E-state index in [0.29, 0.717) is 23.7 Å². The summed E-state index contributed by atoms with van der Waals surface area (Å²) in [6.07, 6.45) is 5.23. The first kappa shape index (κ1) is 20.6. The molecule has 4 nitrogen and oxygen atoms in total. The van der Waals surface area contributed by atoms with Gasteiger partial charge in [-0.05, 0) is 62.8 Å². The summed E-state index contributed by atoms with van der Waals surface area (Å²) in [5.74, 6) is 0.836. The minimum atomic E-state index is -3.15. The quantitative estimate of drug-likeness (QED) is 0.600. The molecule has 28 heavy (non-hydrogen) atoms. The summed E-state index contributed by atoms with van der Waals surface area (Å²) in [7, 11) is -3.15. The third-order valence-corrected chi connectivity index (χ3v) is 7.40. The molecule has 1 fully saturated rings. The summed E-state index contributed by atoms with van der Waals surface area (Å²) < 4.78 is 30.1. The molecule has 3 rings (SSSR count). The lowest BCUT2D eigenvalue weighted by molar-refractivity contribution is 0.0993. The molecule has 0 unspecified atom stereocenters. The molecular weight excluding hydrogens is 372 g/mol. The molecule has 0 aromatic heterocycles. The van der Waals surface area contributed by atoms with Crippen LogP contribution in [0.3, 0.4) is 0 Å². The number of Topliss-reactive ketones (excluding diaryl/α,β-unsaturated/α-hetero) is 1. The van der Waals surface area contributed by atoms with Crippen molar-refractivity contribution < 1.29 is 17.9 Å². The van der Waals surface area contributed by atoms with Gasteiger partial charge in [-0.25, -0.2) is 8.42 Å². The predicted octanol–water partition coefficient (Wildman–Crippen LogP) is 4.76. The van der Waals surface area contributed by atoms with Crippen LogP contribution in [-0.2, 0) is 22.0 Å². The molecule has 1 saturated carbocycles. The van der Waals surface area contributed by atoms with Crippen molar-refractivity contribution in [1.29, 1.82) is 0 Å². The molecule has 0 atom stereocenters. The smallest absolute Gasteiger partial charge is 0.167 e. The summed E-state index contributed by atoms with van der Waals surface area (Å²) in [6, 6.07) is 14.6. The molecule has 0 amide bonds. The van der Waals surface area contributed by atoms with E-state index < -0.39 is 15.1 Å². The third kappa shape index (κ3) is 5.44. The Bertz CT molecular complexity index is 908. The van der Waals surface area contributed by atoms with Gasteiger partial charge < -0.3 is 4.74 Å². The van der Waals surface area contributed by atoms with E-state index in [1.54, 1.807) is 38.1 Å². The predicted molar refractivity (Wildman–Crippen MR) is 112 cm³/mol. The van der Waals surface area contributed by atoms with E-state index in [4.69, 9.17) is 4.74 Å². The molecule has 5 heteroatoms. The van der Waals surface area contributed by atoms with Crippen molar-refractivity contribution in [2.24, 2.45) is 0 Å². The van der Waals surface area contributed by atoms with Crippen LogP contribution in [0.1, 0.15) is 61.0 Å². The number of hydrogen-bond acceptors (Lipinski definition) is 4. The van der Waals surface area contributed by atoms with Gasteiger partial charge in [0, 0.05) is 12.0 Å². The number of hydrogen-bond donors (Lipinski definition) is 0. The Morgan fingerprint density at radius 2 is 1.71 bits per heavy atom. The third-order valence-electron chi connectivity index (χ3n) is 5.23. The highest BCUT2D eigenvalue weighted by atomic mass is 32.2. The van der Waals surface area contributed by atoms with Crippen molar-refractivity contribution in [1.82, 2.24) is 0 Å². The summed E-state index contributed by atoms with van der Waals surface area (Å²) in [5, 5.41) is -0.410. The van der Waals surface area contributed by atoms with Crippen LogP contribution in [0.2, 0.25) is 0 Å². The zero-order valence-corrected chi connectivity index (χ0v) is 17.4. The fourth-order valence-corrected chi connectivity index (χ4v) is 4.39. The Morgan fingerprint density at radius 1 is 1.04 bits per heavy atom. The zero-order chi connectivity index (χ0) is 20.1. The minimum absolute atomic E-state index is 0.000310. The molecule has 2 aromatic rings. The van der Waals surface area contributed by atoms with Crippen LogP contribution < -0.4 is 4.74 Å². The largest absolute Gasteiger partial charge is 0.490 e. The number of carbonyl (C=O) groups is 1. The van der Waals surface area contributed by atoms with Gasteiger partial charge >= 0.3 is 0 Å². The standard InChI is InChI=1S/C23H28O4S/c1-17(2)28(25,26)16-18-10-12-20(13-11-18)23(24)15-19-6-5-9-22(14-19)27-21-7-3-4-8-21/h5-6,9-14,17,21H,3-4,7-8,15-16H2,1-2H3. The van der Waals surface area contributed by atoms with Crippen LogP contribution in [0.4, 0.5) is 0 Å². The molecule has 1 aliphatic carbocycles. The molecule has 0 radical (unpaired) electrons. The molecule has 2 aromatic carbocycles. The SMILES string of the molecule is CC(C)S(=O)(=O)Cc1ccc(C(=O)Cc2cccc(OC3CCCC3)c2)cc1. The van der Waals surface area contributed by atoms with Crippen LogP contribution >= 0.6 is 0 Å². The van der Waals surface area contributed by atoms with Gasteiger partial charge in [0.1, 0.15) is 5.75 Å². The number of carbonyl (C=O) groups excluding carboxylic acids is 1. The van der Waals surface area contributed by atoms with Crippen LogP contribution in [0.15, 0.2) is 48.5 Å². The maximum absolute atomic E-state index is 12.6. The minimum Gasteiger partial charge on any atom is -0.490 e. The van der Waals surface area contributed by atoms with Crippen molar-refractivity contribution in [3.8, 4) is 5.75 Å². The number of ketones is 1. The zero-order valence-electron chi connectivity index (χ0n) is 16.6. The highest BCUT2D eigenvalue weighted by molar-refractivity contribution is 7.91. The monoisotopic (exact) mass is 400 g/mol. The Balaban J connectivity index is 1.63. The van der Waals surface area contributed by atoms with E-state index in [0.717, 1.165) is 24.2 Å². The lowest BCUT2D eigenvalue weighted by Gasteiger charge is -2.13. The van der Waals surface area contributed by atoms with E-state index in [1.807, 2.05) is 24.3 Å². The molecule has 0 aliphatic heterocycles. The first-order valence-electron chi connectivity index (χ1n) is 9.93. The Kier molecular flexibility index (Phi) is 6.55. The molecular formula is C23H28O4S. The molecule has 0 bridgehead atoms. The summed E-state index contributed by atoms with van der Waals surface area (Å²) in [4.78, 5) is 12.6. The average molecular weight is 401 g/mol. The van der Waals surface area contributed by atoms with Crippen LogP contribution in [-0.4, -0.2) is 25.6 Å². The fraction of sp³-hybridized carbons (Fsp3) is 0.435. The van der Waals surface area contributed by atoms with E-state index in [1.165, 1.54) is 12.8 Å². The Hall–Kier alpha value is -2.14. The van der Waals surface area contributed by atoms with E-state index in [9.17, 15) is 13.2 Å². The van der Waals surface area contributed by atoms with Crippen molar-refractivity contribution in [3.05, 3.63) is 65.2 Å². The summed E-state index contributed by atoms with van der Waals surface area (Å²) in [5.41, 5.74) is 2.22. The average Bonchev–Trinajstić information content (AvgIpc) is 3.15. The maximum atomic E-state index is 12.6. The summed E-state index contributed by atoms with van der Waals surface area (Å²) in [6.45, 7) is 3.36.